The van der Waals surface area contributed by atoms with E-state index in [0.717, 1.165) is 16.7 Å². The zero-order valence-corrected chi connectivity index (χ0v) is 16.5. The molecule has 3 aromatic rings. The summed E-state index contributed by atoms with van der Waals surface area (Å²) in [7, 11) is -3.60. The number of rotatable bonds is 6. The number of anilines is 1. The Morgan fingerprint density at radius 2 is 1.75 bits per heavy atom. The lowest BCUT2D eigenvalue weighted by atomic mass is 10.1. The Morgan fingerprint density at radius 3 is 2.39 bits per heavy atom. The first-order valence-corrected chi connectivity index (χ1v) is 10.2. The SMILES string of the molecule is Cc1ccc(S(=O)(=O)NCc2ccc(C(=O)Nc3cccnc3)cc2)cc1C. The fraction of sp³-hybridized carbons (Fsp3) is 0.143. The molecule has 0 atom stereocenters. The molecule has 0 aliphatic rings. The number of sulfonamides is 1. The van der Waals surface area contributed by atoms with E-state index in [-0.39, 0.29) is 17.3 Å². The molecule has 28 heavy (non-hydrogen) atoms. The molecule has 3 rings (SSSR count). The van der Waals surface area contributed by atoms with Gasteiger partial charge in [0.05, 0.1) is 16.8 Å². The quantitative estimate of drug-likeness (QED) is 0.669. The van der Waals surface area contributed by atoms with Crippen molar-refractivity contribution in [2.75, 3.05) is 5.32 Å². The van der Waals surface area contributed by atoms with Crippen LogP contribution in [0.5, 0.6) is 0 Å². The van der Waals surface area contributed by atoms with Crippen LogP contribution in [0.3, 0.4) is 0 Å². The largest absolute Gasteiger partial charge is 0.321 e. The van der Waals surface area contributed by atoms with Crippen molar-refractivity contribution in [2.45, 2.75) is 25.3 Å². The van der Waals surface area contributed by atoms with E-state index in [1.54, 1.807) is 67.0 Å². The van der Waals surface area contributed by atoms with Gasteiger partial charge in [0.2, 0.25) is 10.0 Å². The summed E-state index contributed by atoms with van der Waals surface area (Å²) in [5, 5.41) is 2.75. The lowest BCUT2D eigenvalue weighted by Gasteiger charge is -2.09. The second-order valence-corrected chi connectivity index (χ2v) is 8.23. The summed E-state index contributed by atoms with van der Waals surface area (Å²) in [6.45, 7) is 3.95. The minimum absolute atomic E-state index is 0.139. The van der Waals surface area contributed by atoms with Gasteiger partial charge in [-0.2, -0.15) is 0 Å². The van der Waals surface area contributed by atoms with Crippen LogP contribution >= 0.6 is 0 Å². The molecule has 0 saturated carbocycles. The highest BCUT2D eigenvalue weighted by Gasteiger charge is 2.14. The Kier molecular flexibility index (Phi) is 5.87. The predicted molar refractivity (Wildman–Crippen MR) is 109 cm³/mol. The van der Waals surface area contributed by atoms with Gasteiger partial charge in [-0.05, 0) is 66.9 Å². The number of hydrogen-bond acceptors (Lipinski definition) is 4. The molecule has 7 heteroatoms. The van der Waals surface area contributed by atoms with E-state index in [9.17, 15) is 13.2 Å². The van der Waals surface area contributed by atoms with E-state index in [1.807, 2.05) is 13.8 Å². The lowest BCUT2D eigenvalue weighted by molar-refractivity contribution is 0.102. The molecule has 1 aromatic heterocycles. The van der Waals surface area contributed by atoms with Gasteiger partial charge in [0.15, 0.2) is 0 Å². The molecule has 2 aromatic carbocycles. The van der Waals surface area contributed by atoms with Gasteiger partial charge in [-0.25, -0.2) is 13.1 Å². The number of hydrogen-bond donors (Lipinski definition) is 2. The molecule has 0 unspecified atom stereocenters. The number of carbonyl (C=O) groups is 1. The van der Waals surface area contributed by atoms with Gasteiger partial charge in [-0.1, -0.05) is 18.2 Å². The fourth-order valence-electron chi connectivity index (χ4n) is 2.56. The summed E-state index contributed by atoms with van der Waals surface area (Å²) in [5.74, 6) is -0.254. The van der Waals surface area contributed by atoms with Crippen molar-refractivity contribution in [3.05, 3.63) is 89.2 Å². The van der Waals surface area contributed by atoms with Crippen molar-refractivity contribution in [1.29, 1.82) is 0 Å². The molecule has 0 radical (unpaired) electrons. The summed E-state index contributed by atoms with van der Waals surface area (Å²) in [6, 6.07) is 15.3. The number of pyridine rings is 1. The third kappa shape index (κ3) is 4.82. The number of aromatic nitrogens is 1. The van der Waals surface area contributed by atoms with E-state index in [4.69, 9.17) is 0 Å². The minimum atomic E-state index is -3.60. The molecule has 0 spiro atoms. The van der Waals surface area contributed by atoms with Gasteiger partial charge >= 0.3 is 0 Å². The number of amides is 1. The third-order valence-corrected chi connectivity index (χ3v) is 5.79. The van der Waals surface area contributed by atoms with E-state index in [2.05, 4.69) is 15.0 Å². The zero-order valence-electron chi connectivity index (χ0n) is 15.6. The normalized spacial score (nSPS) is 11.2. The van der Waals surface area contributed by atoms with Crippen LogP contribution in [-0.2, 0) is 16.6 Å². The summed E-state index contributed by atoms with van der Waals surface area (Å²) < 4.78 is 27.5. The van der Waals surface area contributed by atoms with E-state index < -0.39 is 10.0 Å². The van der Waals surface area contributed by atoms with Crippen LogP contribution in [0.1, 0.15) is 27.0 Å². The molecule has 6 nitrogen and oxygen atoms in total. The highest BCUT2D eigenvalue weighted by Crippen LogP contribution is 2.15. The van der Waals surface area contributed by atoms with Crippen molar-refractivity contribution in [3.8, 4) is 0 Å². The second-order valence-electron chi connectivity index (χ2n) is 6.46. The molecule has 0 aliphatic heterocycles. The first-order valence-electron chi connectivity index (χ1n) is 8.72. The average molecular weight is 395 g/mol. The highest BCUT2D eigenvalue weighted by atomic mass is 32.2. The maximum Gasteiger partial charge on any atom is 0.255 e. The van der Waals surface area contributed by atoms with Crippen LogP contribution in [0.25, 0.3) is 0 Å². The first-order chi connectivity index (χ1) is 13.3. The third-order valence-electron chi connectivity index (χ3n) is 4.39. The lowest BCUT2D eigenvalue weighted by Crippen LogP contribution is -2.23. The number of benzene rings is 2. The molecule has 0 fully saturated rings. The standard InChI is InChI=1S/C21H21N3O3S/c1-15-5-10-20(12-16(15)2)28(26,27)23-13-17-6-8-18(9-7-17)21(25)24-19-4-3-11-22-14-19/h3-12,14,23H,13H2,1-2H3,(H,24,25). The Hall–Kier alpha value is -3.03. The number of nitrogens with one attached hydrogen (secondary N) is 2. The second kappa shape index (κ2) is 8.33. The summed E-state index contributed by atoms with van der Waals surface area (Å²) in [4.78, 5) is 16.4. The molecule has 1 heterocycles. The molecule has 0 bridgehead atoms. The van der Waals surface area contributed by atoms with E-state index in [1.165, 1.54) is 0 Å². The Balaban J connectivity index is 1.64. The summed E-state index contributed by atoms with van der Waals surface area (Å²) in [6.07, 6.45) is 3.19. The van der Waals surface area contributed by atoms with E-state index in [0.29, 0.717) is 11.3 Å². The molecule has 2 N–H and O–H groups in total. The number of carbonyl (C=O) groups excluding carboxylic acids is 1. The molecule has 144 valence electrons. The molecule has 0 saturated heterocycles. The maximum atomic E-state index is 12.5. The van der Waals surface area contributed by atoms with E-state index >= 15 is 0 Å². The summed E-state index contributed by atoms with van der Waals surface area (Å²) in [5.41, 5.74) is 3.80. The van der Waals surface area contributed by atoms with Crippen molar-refractivity contribution in [2.24, 2.45) is 0 Å². The van der Waals surface area contributed by atoms with Crippen LogP contribution in [-0.4, -0.2) is 19.3 Å². The first kappa shape index (κ1) is 19.7. The maximum absolute atomic E-state index is 12.5. The monoisotopic (exact) mass is 395 g/mol. The Morgan fingerprint density at radius 1 is 1.00 bits per heavy atom. The summed E-state index contributed by atoms with van der Waals surface area (Å²) >= 11 is 0. The van der Waals surface area contributed by atoms with Gasteiger partial charge in [0, 0.05) is 18.3 Å². The van der Waals surface area contributed by atoms with Crippen molar-refractivity contribution in [1.82, 2.24) is 9.71 Å². The molecule has 1 amide bonds. The molecular formula is C21H21N3O3S. The van der Waals surface area contributed by atoms with Crippen LogP contribution in [0.2, 0.25) is 0 Å². The van der Waals surface area contributed by atoms with Gasteiger partial charge in [-0.15, -0.1) is 0 Å². The Labute approximate surface area is 164 Å². The fourth-order valence-corrected chi connectivity index (χ4v) is 3.66. The van der Waals surface area contributed by atoms with Crippen LogP contribution in [0.15, 0.2) is 71.9 Å². The van der Waals surface area contributed by atoms with Crippen molar-refractivity contribution >= 4 is 21.6 Å². The number of nitrogens with zero attached hydrogens (tertiary/aromatic N) is 1. The van der Waals surface area contributed by atoms with Crippen LogP contribution in [0, 0.1) is 13.8 Å². The highest BCUT2D eigenvalue weighted by molar-refractivity contribution is 7.89. The van der Waals surface area contributed by atoms with Gasteiger partial charge in [0.25, 0.3) is 5.91 Å². The minimum Gasteiger partial charge on any atom is -0.321 e. The average Bonchev–Trinajstić information content (AvgIpc) is 2.69. The van der Waals surface area contributed by atoms with Gasteiger partial charge in [0.1, 0.15) is 0 Å². The van der Waals surface area contributed by atoms with Gasteiger partial charge in [-0.3, -0.25) is 9.78 Å². The zero-order chi connectivity index (χ0) is 20.1. The topological polar surface area (TPSA) is 88.2 Å². The van der Waals surface area contributed by atoms with Crippen LogP contribution < -0.4 is 10.0 Å². The molecule has 0 aliphatic carbocycles. The predicted octanol–water partition coefficient (Wildman–Crippen LogP) is 3.43. The van der Waals surface area contributed by atoms with Crippen molar-refractivity contribution in [3.63, 3.8) is 0 Å². The van der Waals surface area contributed by atoms with Gasteiger partial charge < -0.3 is 5.32 Å². The number of aryl methyl sites for hydroxylation is 2. The Bertz CT molecular complexity index is 1080. The van der Waals surface area contributed by atoms with Crippen LogP contribution in [0.4, 0.5) is 5.69 Å². The van der Waals surface area contributed by atoms with Crippen molar-refractivity contribution < 1.29 is 13.2 Å². The molecular weight excluding hydrogens is 374 g/mol. The smallest absolute Gasteiger partial charge is 0.255 e.